The summed E-state index contributed by atoms with van der Waals surface area (Å²) in [5.74, 6) is 0.856. The standard InChI is InChI=1S/C31H21ClN4O4/c32-22-12-14-23(15-13-22)34-29(37)19-39-24-8-5-6-20(16-24)18-33-36-30(28-17-21-7-1-4-11-27(21)40-28)35-26-10-3-2-9-25(26)31(36)38/h1-18H,19H2,(H,34,37). The number of hydrogen-bond acceptors (Lipinski definition) is 6. The number of hydrogen-bond donors (Lipinski definition) is 1. The Kier molecular flexibility index (Phi) is 6.82. The Labute approximate surface area is 233 Å². The number of halogens is 1. The van der Waals surface area contributed by atoms with E-state index in [1.807, 2.05) is 42.5 Å². The molecule has 1 amide bonds. The fraction of sp³-hybridized carbons (Fsp3) is 0.0323. The normalized spacial score (nSPS) is 11.3. The Morgan fingerprint density at radius 1 is 0.975 bits per heavy atom. The second kappa shape index (κ2) is 10.9. The summed E-state index contributed by atoms with van der Waals surface area (Å²) < 4.78 is 12.9. The van der Waals surface area contributed by atoms with Crippen LogP contribution in [0, 0.1) is 0 Å². The van der Waals surface area contributed by atoms with Crippen LogP contribution < -0.4 is 15.6 Å². The maximum atomic E-state index is 13.5. The van der Waals surface area contributed by atoms with Crippen LogP contribution in [0.5, 0.6) is 5.75 Å². The van der Waals surface area contributed by atoms with E-state index in [1.54, 1.807) is 60.7 Å². The third-order valence-corrected chi connectivity index (χ3v) is 6.33. The number of furan rings is 1. The molecule has 0 spiro atoms. The molecule has 6 aromatic rings. The van der Waals surface area contributed by atoms with Gasteiger partial charge in [-0.15, -0.1) is 0 Å². The minimum Gasteiger partial charge on any atom is -0.484 e. The van der Waals surface area contributed by atoms with Crippen molar-refractivity contribution in [2.24, 2.45) is 5.10 Å². The van der Waals surface area contributed by atoms with Gasteiger partial charge in [0.25, 0.3) is 11.5 Å². The van der Waals surface area contributed by atoms with Crippen LogP contribution in [0.2, 0.25) is 5.02 Å². The first-order valence-electron chi connectivity index (χ1n) is 12.4. The largest absolute Gasteiger partial charge is 0.484 e. The number of benzene rings is 4. The molecule has 6 rings (SSSR count). The van der Waals surface area contributed by atoms with Crippen LogP contribution in [0.15, 0.2) is 117 Å². The van der Waals surface area contributed by atoms with Crippen LogP contribution in [-0.2, 0) is 4.79 Å². The summed E-state index contributed by atoms with van der Waals surface area (Å²) >= 11 is 5.88. The maximum absolute atomic E-state index is 13.5. The molecule has 0 aliphatic rings. The van der Waals surface area contributed by atoms with Crippen molar-refractivity contribution in [2.75, 3.05) is 11.9 Å². The van der Waals surface area contributed by atoms with E-state index >= 15 is 0 Å². The summed E-state index contributed by atoms with van der Waals surface area (Å²) in [4.78, 5) is 30.5. The molecule has 0 saturated heterocycles. The van der Waals surface area contributed by atoms with Crippen molar-refractivity contribution in [3.63, 3.8) is 0 Å². The van der Waals surface area contributed by atoms with Gasteiger partial charge < -0.3 is 14.5 Å². The van der Waals surface area contributed by atoms with Crippen LogP contribution in [0.3, 0.4) is 0 Å². The smallest absolute Gasteiger partial charge is 0.282 e. The van der Waals surface area contributed by atoms with Crippen LogP contribution in [0.25, 0.3) is 33.5 Å². The van der Waals surface area contributed by atoms with E-state index in [0.29, 0.717) is 44.3 Å². The van der Waals surface area contributed by atoms with Gasteiger partial charge >= 0.3 is 0 Å². The number of para-hydroxylation sites is 2. The number of nitrogens with one attached hydrogen (secondary N) is 1. The zero-order valence-corrected chi connectivity index (χ0v) is 21.7. The average molecular weight is 549 g/mol. The molecule has 2 heterocycles. The second-order valence-electron chi connectivity index (χ2n) is 8.88. The number of carbonyl (C=O) groups excluding carboxylic acids is 1. The molecule has 0 bridgehead atoms. The molecule has 0 saturated carbocycles. The highest BCUT2D eigenvalue weighted by Gasteiger charge is 2.16. The van der Waals surface area contributed by atoms with Gasteiger partial charge in [-0.3, -0.25) is 9.59 Å². The summed E-state index contributed by atoms with van der Waals surface area (Å²) in [6, 6.07) is 30.3. The molecule has 196 valence electrons. The maximum Gasteiger partial charge on any atom is 0.282 e. The number of carbonyl (C=O) groups is 1. The van der Waals surface area contributed by atoms with Crippen molar-refractivity contribution in [2.45, 2.75) is 0 Å². The SMILES string of the molecule is O=C(COc1cccc(C=Nn2c(-c3cc4ccccc4o3)nc3ccccc3c2=O)c1)Nc1ccc(Cl)cc1. The van der Waals surface area contributed by atoms with Crippen LogP contribution >= 0.6 is 11.6 Å². The van der Waals surface area contributed by atoms with Gasteiger partial charge in [0.15, 0.2) is 12.4 Å². The molecule has 40 heavy (non-hydrogen) atoms. The van der Waals surface area contributed by atoms with E-state index in [0.717, 1.165) is 5.39 Å². The highest BCUT2D eigenvalue weighted by atomic mass is 35.5. The lowest BCUT2D eigenvalue weighted by molar-refractivity contribution is -0.118. The van der Waals surface area contributed by atoms with E-state index in [-0.39, 0.29) is 23.9 Å². The summed E-state index contributed by atoms with van der Waals surface area (Å²) in [6.45, 7) is -0.187. The lowest BCUT2D eigenvalue weighted by Crippen LogP contribution is -2.20. The third kappa shape index (κ3) is 5.34. The molecule has 0 fully saturated rings. The quantitative estimate of drug-likeness (QED) is 0.234. The van der Waals surface area contributed by atoms with Gasteiger partial charge in [0, 0.05) is 16.1 Å². The summed E-state index contributed by atoms with van der Waals surface area (Å²) in [6.07, 6.45) is 1.53. The molecule has 0 unspecified atom stereocenters. The van der Waals surface area contributed by atoms with E-state index in [2.05, 4.69) is 10.4 Å². The Hall–Kier alpha value is -5.21. The van der Waals surface area contributed by atoms with Gasteiger partial charge in [0.2, 0.25) is 5.82 Å². The van der Waals surface area contributed by atoms with Gasteiger partial charge in [0.05, 0.1) is 17.1 Å². The number of amides is 1. The van der Waals surface area contributed by atoms with Crippen LogP contribution in [-0.4, -0.2) is 28.4 Å². The minimum atomic E-state index is -0.330. The lowest BCUT2D eigenvalue weighted by atomic mass is 10.2. The van der Waals surface area contributed by atoms with Crippen molar-refractivity contribution < 1.29 is 13.9 Å². The first-order valence-corrected chi connectivity index (χ1v) is 12.7. The van der Waals surface area contributed by atoms with E-state index in [4.69, 9.17) is 25.7 Å². The molecule has 4 aromatic carbocycles. The zero-order valence-electron chi connectivity index (χ0n) is 21.0. The molecule has 0 radical (unpaired) electrons. The van der Waals surface area contributed by atoms with Crippen molar-refractivity contribution in [1.29, 1.82) is 0 Å². The number of anilines is 1. The molecule has 0 aliphatic heterocycles. The second-order valence-corrected chi connectivity index (χ2v) is 9.32. The number of nitrogens with zero attached hydrogens (tertiary/aromatic N) is 3. The predicted octanol–water partition coefficient (Wildman–Crippen LogP) is 6.36. The van der Waals surface area contributed by atoms with E-state index in [1.165, 1.54) is 10.9 Å². The molecule has 8 nitrogen and oxygen atoms in total. The monoisotopic (exact) mass is 548 g/mol. The molecular formula is C31H21ClN4O4. The van der Waals surface area contributed by atoms with Gasteiger partial charge in [-0.25, -0.2) is 4.98 Å². The fourth-order valence-electron chi connectivity index (χ4n) is 4.17. The number of rotatable bonds is 7. The Morgan fingerprint density at radius 3 is 2.62 bits per heavy atom. The molecule has 1 N–H and O–H groups in total. The number of fused-ring (bicyclic) bond motifs is 2. The molecule has 9 heteroatoms. The Balaban J connectivity index is 1.27. The van der Waals surface area contributed by atoms with E-state index in [9.17, 15) is 9.59 Å². The summed E-state index contributed by atoms with van der Waals surface area (Å²) in [7, 11) is 0. The van der Waals surface area contributed by atoms with E-state index < -0.39 is 0 Å². The highest BCUT2D eigenvalue weighted by Crippen LogP contribution is 2.27. The van der Waals surface area contributed by atoms with Gasteiger partial charge in [-0.05, 0) is 66.2 Å². The molecule has 2 aromatic heterocycles. The fourth-order valence-corrected chi connectivity index (χ4v) is 4.30. The Morgan fingerprint density at radius 2 is 1.77 bits per heavy atom. The third-order valence-electron chi connectivity index (χ3n) is 6.08. The molecule has 0 aliphatic carbocycles. The van der Waals surface area contributed by atoms with Crippen LogP contribution in [0.1, 0.15) is 5.56 Å². The zero-order chi connectivity index (χ0) is 27.5. The highest BCUT2D eigenvalue weighted by molar-refractivity contribution is 6.30. The predicted molar refractivity (Wildman–Crippen MR) is 156 cm³/mol. The van der Waals surface area contributed by atoms with Crippen molar-refractivity contribution >= 4 is 51.3 Å². The van der Waals surface area contributed by atoms with Gasteiger partial charge in [-0.2, -0.15) is 9.78 Å². The van der Waals surface area contributed by atoms with Crippen molar-refractivity contribution in [3.8, 4) is 17.3 Å². The lowest BCUT2D eigenvalue weighted by Gasteiger charge is -2.09. The van der Waals surface area contributed by atoms with Crippen molar-refractivity contribution in [1.82, 2.24) is 9.66 Å². The Bertz CT molecular complexity index is 1910. The number of aromatic nitrogens is 2. The van der Waals surface area contributed by atoms with Crippen LogP contribution in [0.4, 0.5) is 5.69 Å². The molecule has 0 atom stereocenters. The minimum absolute atomic E-state index is 0.187. The van der Waals surface area contributed by atoms with Gasteiger partial charge in [0.1, 0.15) is 11.3 Å². The number of ether oxygens (including phenoxy) is 1. The summed E-state index contributed by atoms with van der Waals surface area (Å²) in [5, 5.41) is 9.14. The average Bonchev–Trinajstić information content (AvgIpc) is 3.41. The summed E-state index contributed by atoms with van der Waals surface area (Å²) in [5.41, 5.74) is 2.17. The first kappa shape index (κ1) is 25.1. The molecular weight excluding hydrogens is 528 g/mol. The van der Waals surface area contributed by atoms with Crippen molar-refractivity contribution in [3.05, 3.63) is 124 Å². The topological polar surface area (TPSA) is 98.7 Å². The first-order chi connectivity index (χ1) is 19.5. The van der Waals surface area contributed by atoms with Gasteiger partial charge in [-0.1, -0.05) is 54.1 Å².